The highest BCUT2D eigenvalue weighted by atomic mass is 19.1. The second kappa shape index (κ2) is 7.29. The SMILES string of the molecule is Cc1cc(CCNC(=O)CCc2cc3ccc(F)cc3[nH]c2=O)no1. The van der Waals surface area contributed by atoms with Crippen molar-refractivity contribution in [2.75, 3.05) is 6.54 Å². The van der Waals surface area contributed by atoms with Gasteiger partial charge in [0.15, 0.2) is 0 Å². The fraction of sp³-hybridized carbons (Fsp3) is 0.278. The molecule has 3 aromatic rings. The largest absolute Gasteiger partial charge is 0.361 e. The van der Waals surface area contributed by atoms with Crippen molar-refractivity contribution >= 4 is 16.8 Å². The zero-order chi connectivity index (χ0) is 17.8. The Morgan fingerprint density at radius 1 is 1.28 bits per heavy atom. The number of nitrogens with one attached hydrogen (secondary N) is 2. The van der Waals surface area contributed by atoms with E-state index < -0.39 is 5.82 Å². The number of fused-ring (bicyclic) bond motifs is 1. The second-order valence-corrected chi connectivity index (χ2v) is 5.88. The lowest BCUT2D eigenvalue weighted by Gasteiger charge is -2.05. The van der Waals surface area contributed by atoms with Crippen LogP contribution >= 0.6 is 0 Å². The van der Waals surface area contributed by atoms with Crippen molar-refractivity contribution in [3.8, 4) is 0 Å². The molecule has 0 bridgehead atoms. The van der Waals surface area contributed by atoms with E-state index in [0.717, 1.165) is 16.8 Å². The fourth-order valence-electron chi connectivity index (χ4n) is 2.61. The third-order valence-corrected chi connectivity index (χ3v) is 3.89. The van der Waals surface area contributed by atoms with E-state index in [-0.39, 0.29) is 17.9 Å². The molecule has 0 fully saturated rings. The van der Waals surface area contributed by atoms with E-state index in [9.17, 15) is 14.0 Å². The number of rotatable bonds is 6. The molecule has 0 aliphatic carbocycles. The number of hydrogen-bond acceptors (Lipinski definition) is 4. The maximum absolute atomic E-state index is 13.2. The summed E-state index contributed by atoms with van der Waals surface area (Å²) >= 11 is 0. The number of carbonyl (C=O) groups is 1. The van der Waals surface area contributed by atoms with Crippen LogP contribution in [0.4, 0.5) is 4.39 Å². The Bertz CT molecular complexity index is 962. The van der Waals surface area contributed by atoms with Crippen molar-refractivity contribution in [3.63, 3.8) is 0 Å². The number of pyridine rings is 1. The van der Waals surface area contributed by atoms with Gasteiger partial charge in [0.2, 0.25) is 5.91 Å². The number of aromatic nitrogens is 2. The second-order valence-electron chi connectivity index (χ2n) is 5.88. The normalized spacial score (nSPS) is 11.0. The molecule has 0 radical (unpaired) electrons. The number of hydrogen-bond donors (Lipinski definition) is 2. The maximum Gasteiger partial charge on any atom is 0.251 e. The van der Waals surface area contributed by atoms with Gasteiger partial charge in [-0.2, -0.15) is 0 Å². The predicted molar refractivity (Wildman–Crippen MR) is 90.8 cm³/mol. The van der Waals surface area contributed by atoms with Gasteiger partial charge in [0, 0.05) is 31.0 Å². The lowest BCUT2D eigenvalue weighted by molar-refractivity contribution is -0.121. The standard InChI is InChI=1S/C18H18FN3O3/c1-11-8-15(22-25-11)6-7-20-17(23)5-3-13-9-12-2-4-14(19)10-16(12)21-18(13)24/h2,4,8-10H,3,5-7H2,1H3,(H,20,23)(H,21,24). The van der Waals surface area contributed by atoms with Crippen LogP contribution in [-0.4, -0.2) is 22.6 Å². The monoisotopic (exact) mass is 343 g/mol. The van der Waals surface area contributed by atoms with Crippen LogP contribution in [0.2, 0.25) is 0 Å². The Balaban J connectivity index is 1.54. The zero-order valence-electron chi connectivity index (χ0n) is 13.8. The van der Waals surface area contributed by atoms with Crippen LogP contribution in [0.3, 0.4) is 0 Å². The van der Waals surface area contributed by atoms with E-state index in [1.54, 1.807) is 12.1 Å². The van der Waals surface area contributed by atoms with Crippen molar-refractivity contribution in [2.45, 2.75) is 26.2 Å². The quantitative estimate of drug-likeness (QED) is 0.718. The maximum atomic E-state index is 13.2. The van der Waals surface area contributed by atoms with Crippen LogP contribution in [0.1, 0.15) is 23.4 Å². The van der Waals surface area contributed by atoms with E-state index in [2.05, 4.69) is 15.5 Å². The molecule has 2 heterocycles. The highest BCUT2D eigenvalue weighted by Crippen LogP contribution is 2.13. The van der Waals surface area contributed by atoms with E-state index >= 15 is 0 Å². The molecule has 1 amide bonds. The lowest BCUT2D eigenvalue weighted by atomic mass is 10.1. The highest BCUT2D eigenvalue weighted by molar-refractivity contribution is 5.79. The molecule has 0 saturated carbocycles. The third-order valence-electron chi connectivity index (χ3n) is 3.89. The van der Waals surface area contributed by atoms with Crippen molar-refractivity contribution in [3.05, 3.63) is 63.5 Å². The Morgan fingerprint density at radius 2 is 2.12 bits per heavy atom. The molecule has 6 nitrogen and oxygen atoms in total. The molecule has 7 heteroatoms. The minimum absolute atomic E-state index is 0.140. The van der Waals surface area contributed by atoms with E-state index in [1.807, 2.05) is 13.0 Å². The van der Waals surface area contributed by atoms with Crippen LogP contribution < -0.4 is 10.9 Å². The summed E-state index contributed by atoms with van der Waals surface area (Å²) in [5, 5.41) is 7.38. The number of nitrogens with zero attached hydrogens (tertiary/aromatic N) is 1. The molecule has 130 valence electrons. The van der Waals surface area contributed by atoms with Crippen LogP contribution in [0.15, 0.2) is 39.6 Å². The summed E-state index contributed by atoms with van der Waals surface area (Å²) in [7, 11) is 0. The predicted octanol–water partition coefficient (Wildman–Crippen LogP) is 2.26. The molecule has 0 aliphatic heterocycles. The highest BCUT2D eigenvalue weighted by Gasteiger charge is 2.08. The minimum atomic E-state index is -0.405. The summed E-state index contributed by atoms with van der Waals surface area (Å²) in [6.07, 6.45) is 1.11. The van der Waals surface area contributed by atoms with Gasteiger partial charge in [-0.25, -0.2) is 4.39 Å². The molecule has 0 aliphatic rings. The third kappa shape index (κ3) is 4.32. The van der Waals surface area contributed by atoms with Crippen molar-refractivity contribution < 1.29 is 13.7 Å². The van der Waals surface area contributed by atoms with Gasteiger partial charge in [-0.1, -0.05) is 5.16 Å². The van der Waals surface area contributed by atoms with Gasteiger partial charge in [-0.3, -0.25) is 9.59 Å². The number of amides is 1. The molecule has 0 atom stereocenters. The first-order valence-corrected chi connectivity index (χ1v) is 8.01. The van der Waals surface area contributed by atoms with E-state index in [0.29, 0.717) is 30.5 Å². The van der Waals surface area contributed by atoms with Crippen molar-refractivity contribution in [1.82, 2.24) is 15.5 Å². The minimum Gasteiger partial charge on any atom is -0.361 e. The van der Waals surface area contributed by atoms with Crippen molar-refractivity contribution in [1.29, 1.82) is 0 Å². The van der Waals surface area contributed by atoms with Gasteiger partial charge in [-0.05, 0) is 43.0 Å². The first kappa shape index (κ1) is 16.9. The number of aromatic amines is 1. The zero-order valence-corrected chi connectivity index (χ0v) is 13.8. The molecule has 0 spiro atoms. The Labute approximate surface area is 143 Å². The van der Waals surface area contributed by atoms with Gasteiger partial charge in [0.25, 0.3) is 5.56 Å². The van der Waals surface area contributed by atoms with Crippen molar-refractivity contribution in [2.24, 2.45) is 0 Å². The van der Waals surface area contributed by atoms with Crippen LogP contribution in [0.25, 0.3) is 10.9 Å². The molecular formula is C18H18FN3O3. The number of halogens is 1. The number of carbonyl (C=O) groups excluding carboxylic acids is 1. The summed E-state index contributed by atoms with van der Waals surface area (Å²) < 4.78 is 18.1. The number of aryl methyl sites for hydroxylation is 2. The summed E-state index contributed by atoms with van der Waals surface area (Å²) in [4.78, 5) is 26.6. The van der Waals surface area contributed by atoms with Crippen LogP contribution in [0.5, 0.6) is 0 Å². The summed E-state index contributed by atoms with van der Waals surface area (Å²) in [5.74, 6) is 0.188. The number of benzene rings is 1. The summed E-state index contributed by atoms with van der Waals surface area (Å²) in [5.41, 5.74) is 1.43. The molecule has 2 aromatic heterocycles. The van der Waals surface area contributed by atoms with Crippen LogP contribution in [0, 0.1) is 12.7 Å². The molecule has 0 saturated heterocycles. The van der Waals surface area contributed by atoms with E-state index in [4.69, 9.17) is 4.52 Å². The number of H-pyrrole nitrogens is 1. The Hall–Kier alpha value is -2.96. The molecule has 25 heavy (non-hydrogen) atoms. The van der Waals surface area contributed by atoms with Gasteiger partial charge in [0.1, 0.15) is 11.6 Å². The van der Waals surface area contributed by atoms with Gasteiger partial charge >= 0.3 is 0 Å². The average Bonchev–Trinajstić information content (AvgIpc) is 2.98. The first-order valence-electron chi connectivity index (χ1n) is 8.01. The molecule has 2 N–H and O–H groups in total. The molecule has 0 unspecified atom stereocenters. The molecular weight excluding hydrogens is 325 g/mol. The van der Waals surface area contributed by atoms with Gasteiger partial charge in [0.05, 0.1) is 11.2 Å². The summed E-state index contributed by atoms with van der Waals surface area (Å²) in [6, 6.07) is 7.73. The molecule has 1 aromatic carbocycles. The van der Waals surface area contributed by atoms with Gasteiger partial charge < -0.3 is 14.8 Å². The Morgan fingerprint density at radius 3 is 2.88 bits per heavy atom. The average molecular weight is 343 g/mol. The van der Waals surface area contributed by atoms with Crippen LogP contribution in [-0.2, 0) is 17.6 Å². The topological polar surface area (TPSA) is 88.0 Å². The first-order chi connectivity index (χ1) is 12.0. The Kier molecular flexibility index (Phi) is 4.92. The van der Waals surface area contributed by atoms with Gasteiger partial charge in [-0.15, -0.1) is 0 Å². The lowest BCUT2D eigenvalue weighted by Crippen LogP contribution is -2.26. The molecule has 3 rings (SSSR count). The van der Waals surface area contributed by atoms with E-state index in [1.165, 1.54) is 12.1 Å². The smallest absolute Gasteiger partial charge is 0.251 e. The summed E-state index contributed by atoms with van der Waals surface area (Å²) in [6.45, 7) is 2.27. The fourth-order valence-corrected chi connectivity index (χ4v) is 2.61.